The first-order chi connectivity index (χ1) is 10.0. The molecule has 0 bridgehead atoms. The summed E-state index contributed by atoms with van der Waals surface area (Å²) in [4.78, 5) is 0.0473. The van der Waals surface area contributed by atoms with Crippen molar-refractivity contribution in [2.45, 2.75) is 17.0 Å². The Morgan fingerprint density at radius 2 is 1.95 bits per heavy atom. The van der Waals surface area contributed by atoms with Crippen molar-refractivity contribution in [3.05, 3.63) is 18.2 Å². The molecular weight excluding hydrogens is 296 g/mol. The maximum atomic E-state index is 12.6. The van der Waals surface area contributed by atoms with Crippen molar-refractivity contribution in [1.82, 2.24) is 10.0 Å². The standard InChI is InChI=1S/C13H20N2O5S/c1-18-9-4-5-11(19-2)13(6-9)21(16,17)15-10-7-14-8-12(10)20-3/h4-6,10,12,14-15H,7-8H2,1-3H3/t10?,12-/m0/s1. The number of hydrogen-bond donors (Lipinski definition) is 2. The second kappa shape index (κ2) is 6.61. The third-order valence-corrected chi connectivity index (χ3v) is 4.94. The summed E-state index contributed by atoms with van der Waals surface area (Å²) in [6.07, 6.45) is -0.198. The van der Waals surface area contributed by atoms with Gasteiger partial charge in [0, 0.05) is 26.3 Å². The quantitative estimate of drug-likeness (QED) is 0.766. The average Bonchev–Trinajstić information content (AvgIpc) is 2.92. The molecule has 1 saturated heterocycles. The lowest BCUT2D eigenvalue weighted by molar-refractivity contribution is 0.103. The first-order valence-electron chi connectivity index (χ1n) is 6.49. The zero-order chi connectivity index (χ0) is 15.5. The van der Waals surface area contributed by atoms with Gasteiger partial charge in [-0.3, -0.25) is 0 Å². The second-order valence-electron chi connectivity index (χ2n) is 4.68. The first-order valence-corrected chi connectivity index (χ1v) is 7.98. The van der Waals surface area contributed by atoms with Gasteiger partial charge in [0.2, 0.25) is 10.0 Å². The Kier molecular flexibility index (Phi) is 5.04. The molecule has 2 atom stereocenters. The molecule has 1 aromatic rings. The minimum absolute atomic E-state index is 0.0473. The summed E-state index contributed by atoms with van der Waals surface area (Å²) in [6.45, 7) is 1.13. The van der Waals surface area contributed by atoms with Crippen molar-refractivity contribution in [1.29, 1.82) is 0 Å². The highest BCUT2D eigenvalue weighted by Gasteiger charge is 2.32. The normalized spacial score (nSPS) is 22.2. The Hall–Kier alpha value is -1.35. The van der Waals surface area contributed by atoms with Gasteiger partial charge in [-0.1, -0.05) is 0 Å². The van der Waals surface area contributed by atoms with E-state index in [0.29, 0.717) is 18.8 Å². The summed E-state index contributed by atoms with van der Waals surface area (Å²) in [6, 6.07) is 4.32. The van der Waals surface area contributed by atoms with E-state index in [1.54, 1.807) is 19.2 Å². The van der Waals surface area contributed by atoms with E-state index in [1.807, 2.05) is 0 Å². The average molecular weight is 316 g/mol. The number of hydrogen-bond acceptors (Lipinski definition) is 6. The van der Waals surface area contributed by atoms with Gasteiger partial charge in [-0.2, -0.15) is 0 Å². The highest BCUT2D eigenvalue weighted by molar-refractivity contribution is 7.89. The maximum absolute atomic E-state index is 12.6. The fourth-order valence-corrected chi connectivity index (χ4v) is 3.72. The van der Waals surface area contributed by atoms with Gasteiger partial charge in [0.1, 0.15) is 16.4 Å². The summed E-state index contributed by atoms with van der Waals surface area (Å²) in [5.74, 6) is 0.715. The highest BCUT2D eigenvalue weighted by Crippen LogP contribution is 2.28. The molecule has 0 aromatic heterocycles. The van der Waals surface area contributed by atoms with Crippen LogP contribution < -0.4 is 19.5 Å². The zero-order valence-corrected chi connectivity index (χ0v) is 13.1. The van der Waals surface area contributed by atoms with E-state index in [1.165, 1.54) is 20.3 Å². The molecule has 1 unspecified atom stereocenters. The van der Waals surface area contributed by atoms with Crippen molar-refractivity contribution in [2.24, 2.45) is 0 Å². The smallest absolute Gasteiger partial charge is 0.244 e. The van der Waals surface area contributed by atoms with E-state index in [0.717, 1.165) is 0 Å². The monoisotopic (exact) mass is 316 g/mol. The molecule has 1 heterocycles. The third kappa shape index (κ3) is 3.46. The van der Waals surface area contributed by atoms with Gasteiger partial charge in [-0.05, 0) is 12.1 Å². The highest BCUT2D eigenvalue weighted by atomic mass is 32.2. The van der Waals surface area contributed by atoms with Crippen LogP contribution in [0.15, 0.2) is 23.1 Å². The number of nitrogens with one attached hydrogen (secondary N) is 2. The van der Waals surface area contributed by atoms with Gasteiger partial charge in [-0.15, -0.1) is 0 Å². The third-order valence-electron chi connectivity index (χ3n) is 3.43. The van der Waals surface area contributed by atoms with Gasteiger partial charge >= 0.3 is 0 Å². The Bertz CT molecular complexity index is 590. The molecule has 1 aliphatic rings. The van der Waals surface area contributed by atoms with Crippen LogP contribution in [0.3, 0.4) is 0 Å². The molecule has 2 N–H and O–H groups in total. The molecule has 2 rings (SSSR count). The summed E-state index contributed by atoms with van der Waals surface area (Å²) in [5, 5.41) is 3.09. The number of sulfonamides is 1. The van der Waals surface area contributed by atoms with Crippen LogP contribution in [-0.4, -0.2) is 55.0 Å². The SMILES string of the molecule is COc1ccc(OC)c(S(=O)(=O)NC2CNC[C@@H]2OC)c1. The van der Waals surface area contributed by atoms with Crippen molar-refractivity contribution < 1.29 is 22.6 Å². The maximum Gasteiger partial charge on any atom is 0.244 e. The lowest BCUT2D eigenvalue weighted by Gasteiger charge is -2.19. The molecule has 118 valence electrons. The molecule has 1 aliphatic heterocycles. The Balaban J connectivity index is 2.30. The molecule has 1 aromatic carbocycles. The van der Waals surface area contributed by atoms with Crippen LogP contribution in [0.2, 0.25) is 0 Å². The van der Waals surface area contributed by atoms with Crippen molar-refractivity contribution in [3.63, 3.8) is 0 Å². The van der Waals surface area contributed by atoms with Gasteiger partial charge < -0.3 is 19.5 Å². The van der Waals surface area contributed by atoms with Gasteiger partial charge in [0.25, 0.3) is 0 Å². The minimum Gasteiger partial charge on any atom is -0.497 e. The molecule has 21 heavy (non-hydrogen) atoms. The molecule has 0 radical (unpaired) electrons. The van der Waals surface area contributed by atoms with E-state index in [2.05, 4.69) is 10.0 Å². The van der Waals surface area contributed by atoms with Crippen LogP contribution in [-0.2, 0) is 14.8 Å². The fourth-order valence-electron chi connectivity index (χ4n) is 2.28. The second-order valence-corrected chi connectivity index (χ2v) is 6.36. The Morgan fingerprint density at radius 1 is 1.19 bits per heavy atom. The minimum atomic E-state index is -3.74. The summed E-state index contributed by atoms with van der Waals surface area (Å²) in [7, 11) is 0.730. The molecule has 1 fully saturated rings. The van der Waals surface area contributed by atoms with Crippen molar-refractivity contribution >= 4 is 10.0 Å². The topological polar surface area (TPSA) is 85.9 Å². The fraction of sp³-hybridized carbons (Fsp3) is 0.538. The summed E-state index contributed by atoms with van der Waals surface area (Å²) in [5.41, 5.74) is 0. The molecular formula is C13H20N2O5S. The molecule has 0 aliphatic carbocycles. The van der Waals surface area contributed by atoms with Crippen LogP contribution in [0.25, 0.3) is 0 Å². The van der Waals surface area contributed by atoms with Crippen LogP contribution in [0.5, 0.6) is 11.5 Å². The van der Waals surface area contributed by atoms with E-state index in [-0.39, 0.29) is 22.8 Å². The number of methoxy groups -OCH3 is 3. The summed E-state index contributed by atoms with van der Waals surface area (Å²) >= 11 is 0. The van der Waals surface area contributed by atoms with Gasteiger partial charge in [0.05, 0.1) is 26.4 Å². The Labute approximate surface area is 124 Å². The number of ether oxygens (including phenoxy) is 3. The van der Waals surface area contributed by atoms with Crippen LogP contribution in [0, 0.1) is 0 Å². The lowest BCUT2D eigenvalue weighted by atomic mass is 10.2. The van der Waals surface area contributed by atoms with E-state index in [4.69, 9.17) is 14.2 Å². The molecule has 8 heteroatoms. The number of rotatable bonds is 6. The predicted molar refractivity (Wildman–Crippen MR) is 77.3 cm³/mol. The molecule has 0 saturated carbocycles. The van der Waals surface area contributed by atoms with Gasteiger partial charge in [0.15, 0.2) is 0 Å². The van der Waals surface area contributed by atoms with Crippen LogP contribution in [0.1, 0.15) is 0 Å². The largest absolute Gasteiger partial charge is 0.497 e. The van der Waals surface area contributed by atoms with E-state index >= 15 is 0 Å². The van der Waals surface area contributed by atoms with Crippen LogP contribution >= 0.6 is 0 Å². The lowest BCUT2D eigenvalue weighted by Crippen LogP contribution is -2.43. The Morgan fingerprint density at radius 3 is 2.57 bits per heavy atom. The molecule has 0 spiro atoms. The van der Waals surface area contributed by atoms with Crippen LogP contribution in [0.4, 0.5) is 0 Å². The summed E-state index contributed by atoms with van der Waals surface area (Å²) < 4.78 is 43.2. The zero-order valence-electron chi connectivity index (χ0n) is 12.3. The molecule has 7 nitrogen and oxygen atoms in total. The van der Waals surface area contributed by atoms with E-state index in [9.17, 15) is 8.42 Å². The predicted octanol–water partition coefficient (Wildman–Crippen LogP) is -0.0311. The molecule has 0 amide bonds. The van der Waals surface area contributed by atoms with Crippen molar-refractivity contribution in [3.8, 4) is 11.5 Å². The van der Waals surface area contributed by atoms with Crippen molar-refractivity contribution in [2.75, 3.05) is 34.4 Å². The van der Waals surface area contributed by atoms with Gasteiger partial charge in [-0.25, -0.2) is 13.1 Å². The van der Waals surface area contributed by atoms with E-state index < -0.39 is 10.0 Å². The number of benzene rings is 1. The first kappa shape index (κ1) is 16.0.